The Kier molecular flexibility index (Phi) is 8.60. The fraction of sp³-hybridized carbons (Fsp3) is 0.538. The van der Waals surface area contributed by atoms with Gasteiger partial charge >= 0.3 is 0 Å². The van der Waals surface area contributed by atoms with Crippen LogP contribution < -0.4 is 4.90 Å². The third-order valence-corrected chi connectivity index (χ3v) is 7.34. The van der Waals surface area contributed by atoms with Crippen LogP contribution in [0.4, 0.5) is 5.69 Å². The quantitative estimate of drug-likeness (QED) is 0.409. The molecular formula is C26H37N5S. The number of anilines is 1. The van der Waals surface area contributed by atoms with Crippen LogP contribution in [0.25, 0.3) is 6.08 Å². The molecule has 6 heteroatoms. The first-order chi connectivity index (χ1) is 15.7. The zero-order valence-electron chi connectivity index (χ0n) is 19.6. The largest absolute Gasteiger partial charge is 0.378 e. The Morgan fingerprint density at radius 2 is 1.81 bits per heavy atom. The van der Waals surface area contributed by atoms with E-state index in [0.717, 1.165) is 30.5 Å². The molecule has 0 amide bonds. The fourth-order valence-electron chi connectivity index (χ4n) is 4.61. The van der Waals surface area contributed by atoms with Crippen LogP contribution in [0.5, 0.6) is 0 Å². The van der Waals surface area contributed by atoms with Crippen molar-refractivity contribution >= 4 is 23.5 Å². The van der Waals surface area contributed by atoms with Gasteiger partial charge in [-0.25, -0.2) is 9.97 Å². The average Bonchev–Trinajstić information content (AvgIpc) is 3.33. The molecule has 0 bridgehead atoms. The number of thioether (sulfide) groups is 1. The summed E-state index contributed by atoms with van der Waals surface area (Å²) in [6, 6.07) is 10.9. The number of nitrogens with zero attached hydrogens (tertiary/aromatic N) is 5. The van der Waals surface area contributed by atoms with Crippen molar-refractivity contribution in [2.45, 2.75) is 36.8 Å². The SMILES string of the molecule is CN(C)c1ccc(C=CCN2CCCC(c3ccnc(SCCN4CCCC4)n3)C2)cc1. The van der Waals surface area contributed by atoms with Gasteiger partial charge in [0.1, 0.15) is 0 Å². The maximum atomic E-state index is 4.93. The second kappa shape index (κ2) is 11.8. The molecule has 0 spiro atoms. The van der Waals surface area contributed by atoms with Gasteiger partial charge in [0.15, 0.2) is 5.16 Å². The molecular weight excluding hydrogens is 414 g/mol. The van der Waals surface area contributed by atoms with Crippen molar-refractivity contribution in [3.05, 3.63) is 53.9 Å². The van der Waals surface area contributed by atoms with Crippen LogP contribution in [0.15, 0.2) is 47.8 Å². The smallest absolute Gasteiger partial charge is 0.187 e. The Bertz CT molecular complexity index is 861. The Morgan fingerprint density at radius 1 is 1.03 bits per heavy atom. The minimum Gasteiger partial charge on any atom is -0.378 e. The molecule has 32 heavy (non-hydrogen) atoms. The van der Waals surface area contributed by atoms with E-state index in [0.29, 0.717) is 5.92 Å². The van der Waals surface area contributed by atoms with Crippen LogP contribution in [-0.4, -0.2) is 78.9 Å². The van der Waals surface area contributed by atoms with E-state index in [1.165, 1.54) is 62.3 Å². The number of benzene rings is 1. The van der Waals surface area contributed by atoms with Crippen LogP contribution in [-0.2, 0) is 0 Å². The minimum absolute atomic E-state index is 0.512. The highest BCUT2D eigenvalue weighted by atomic mass is 32.2. The number of hydrogen-bond donors (Lipinski definition) is 0. The van der Waals surface area contributed by atoms with E-state index >= 15 is 0 Å². The van der Waals surface area contributed by atoms with Crippen LogP contribution in [0, 0.1) is 0 Å². The van der Waals surface area contributed by atoms with E-state index in [1.54, 1.807) is 0 Å². The molecule has 5 nitrogen and oxygen atoms in total. The van der Waals surface area contributed by atoms with E-state index in [4.69, 9.17) is 4.98 Å². The predicted molar refractivity (Wildman–Crippen MR) is 137 cm³/mol. The van der Waals surface area contributed by atoms with E-state index in [9.17, 15) is 0 Å². The highest BCUT2D eigenvalue weighted by Gasteiger charge is 2.22. The molecule has 1 aromatic heterocycles. The molecule has 1 unspecified atom stereocenters. The van der Waals surface area contributed by atoms with Crippen molar-refractivity contribution in [2.24, 2.45) is 0 Å². The minimum atomic E-state index is 0.512. The van der Waals surface area contributed by atoms with Gasteiger partial charge in [0.2, 0.25) is 0 Å². The van der Waals surface area contributed by atoms with E-state index in [-0.39, 0.29) is 0 Å². The van der Waals surface area contributed by atoms with E-state index in [1.807, 2.05) is 18.0 Å². The monoisotopic (exact) mass is 451 g/mol. The number of hydrogen-bond acceptors (Lipinski definition) is 6. The summed E-state index contributed by atoms with van der Waals surface area (Å²) in [6.07, 6.45) is 11.7. The van der Waals surface area contributed by atoms with Gasteiger partial charge in [-0.3, -0.25) is 4.90 Å². The topological polar surface area (TPSA) is 35.5 Å². The van der Waals surface area contributed by atoms with Crippen molar-refractivity contribution < 1.29 is 0 Å². The Hall–Kier alpha value is -1.89. The van der Waals surface area contributed by atoms with Crippen molar-refractivity contribution in [1.82, 2.24) is 19.8 Å². The highest BCUT2D eigenvalue weighted by Crippen LogP contribution is 2.27. The number of aromatic nitrogens is 2. The summed E-state index contributed by atoms with van der Waals surface area (Å²) in [5.41, 5.74) is 3.71. The lowest BCUT2D eigenvalue weighted by Crippen LogP contribution is -2.34. The van der Waals surface area contributed by atoms with Gasteiger partial charge in [0.05, 0.1) is 0 Å². The van der Waals surface area contributed by atoms with Crippen molar-refractivity contribution in [1.29, 1.82) is 0 Å². The lowest BCUT2D eigenvalue weighted by molar-refractivity contribution is 0.226. The summed E-state index contributed by atoms with van der Waals surface area (Å²) in [5.74, 6) is 1.60. The fourth-order valence-corrected chi connectivity index (χ4v) is 5.44. The first kappa shape index (κ1) is 23.3. The van der Waals surface area contributed by atoms with Gasteiger partial charge in [-0.1, -0.05) is 36.0 Å². The van der Waals surface area contributed by atoms with Crippen LogP contribution in [0.1, 0.15) is 42.9 Å². The van der Waals surface area contributed by atoms with Gasteiger partial charge in [-0.15, -0.1) is 0 Å². The maximum absolute atomic E-state index is 4.93. The van der Waals surface area contributed by atoms with E-state index < -0.39 is 0 Å². The number of piperidine rings is 1. The first-order valence-corrected chi connectivity index (χ1v) is 13.0. The summed E-state index contributed by atoms with van der Waals surface area (Å²) in [7, 11) is 4.15. The molecule has 0 radical (unpaired) electrons. The summed E-state index contributed by atoms with van der Waals surface area (Å²) in [6.45, 7) is 6.92. The van der Waals surface area contributed by atoms with Gasteiger partial charge in [0, 0.05) is 63.0 Å². The van der Waals surface area contributed by atoms with Gasteiger partial charge in [-0.2, -0.15) is 0 Å². The normalized spacial score (nSPS) is 20.2. The second-order valence-electron chi connectivity index (χ2n) is 9.15. The standard InChI is InChI=1S/C26H37N5S/c1-29(2)24-11-9-22(10-12-24)7-5-17-31-18-6-8-23(21-31)25-13-14-27-26(28-25)32-20-19-30-15-3-4-16-30/h5,7,9-14,23H,3-4,6,8,15-21H2,1-2H3. The summed E-state index contributed by atoms with van der Waals surface area (Å²) in [4.78, 5) is 16.7. The van der Waals surface area contributed by atoms with Crippen LogP contribution >= 0.6 is 11.8 Å². The van der Waals surface area contributed by atoms with Crippen LogP contribution in [0.2, 0.25) is 0 Å². The molecule has 1 atom stereocenters. The zero-order valence-corrected chi connectivity index (χ0v) is 20.4. The lowest BCUT2D eigenvalue weighted by atomic mass is 9.94. The van der Waals surface area contributed by atoms with E-state index in [2.05, 4.69) is 76.3 Å². The maximum Gasteiger partial charge on any atom is 0.187 e. The van der Waals surface area contributed by atoms with Gasteiger partial charge in [-0.05, 0) is 69.1 Å². The number of likely N-dealkylation sites (tertiary alicyclic amines) is 2. The van der Waals surface area contributed by atoms with Crippen LogP contribution in [0.3, 0.4) is 0 Å². The average molecular weight is 452 g/mol. The molecule has 3 heterocycles. The highest BCUT2D eigenvalue weighted by molar-refractivity contribution is 7.99. The molecule has 172 valence electrons. The summed E-state index contributed by atoms with van der Waals surface area (Å²) < 4.78 is 0. The molecule has 0 saturated carbocycles. The number of rotatable bonds is 9. The molecule has 2 fully saturated rings. The second-order valence-corrected chi connectivity index (χ2v) is 10.2. The lowest BCUT2D eigenvalue weighted by Gasteiger charge is -2.31. The Balaban J connectivity index is 1.26. The Labute approximate surface area is 197 Å². The summed E-state index contributed by atoms with van der Waals surface area (Å²) >= 11 is 1.81. The molecule has 4 rings (SSSR count). The third-order valence-electron chi connectivity index (χ3n) is 6.50. The molecule has 0 N–H and O–H groups in total. The molecule has 2 aliphatic rings. The molecule has 1 aromatic carbocycles. The van der Waals surface area contributed by atoms with Crippen molar-refractivity contribution in [3.63, 3.8) is 0 Å². The Morgan fingerprint density at radius 3 is 2.59 bits per heavy atom. The predicted octanol–water partition coefficient (Wildman–Crippen LogP) is 4.62. The third kappa shape index (κ3) is 6.80. The molecule has 2 aromatic rings. The summed E-state index contributed by atoms with van der Waals surface area (Å²) in [5, 5.41) is 0.944. The van der Waals surface area contributed by atoms with Crippen molar-refractivity contribution in [2.75, 3.05) is 64.0 Å². The van der Waals surface area contributed by atoms with Gasteiger partial charge in [0.25, 0.3) is 0 Å². The molecule has 2 aliphatic heterocycles. The molecule has 0 aliphatic carbocycles. The van der Waals surface area contributed by atoms with Gasteiger partial charge < -0.3 is 9.80 Å². The first-order valence-electron chi connectivity index (χ1n) is 12.0. The zero-order chi connectivity index (χ0) is 22.2. The molecule has 2 saturated heterocycles. The van der Waals surface area contributed by atoms with Crippen molar-refractivity contribution in [3.8, 4) is 0 Å².